The summed E-state index contributed by atoms with van der Waals surface area (Å²) in [5.74, 6) is -0.101. The van der Waals surface area contributed by atoms with Crippen molar-refractivity contribution in [3.63, 3.8) is 0 Å². The number of hydrogen-bond donors (Lipinski definition) is 1. The van der Waals surface area contributed by atoms with Crippen LogP contribution in [0.3, 0.4) is 0 Å². The molecule has 1 N–H and O–H groups in total. The predicted octanol–water partition coefficient (Wildman–Crippen LogP) is 0.561. The Labute approximate surface area is 140 Å². The van der Waals surface area contributed by atoms with Gasteiger partial charge in [0.05, 0.1) is 16.4 Å². The van der Waals surface area contributed by atoms with Gasteiger partial charge in [-0.1, -0.05) is 0 Å². The summed E-state index contributed by atoms with van der Waals surface area (Å²) in [6.07, 6.45) is 1.93. The van der Waals surface area contributed by atoms with E-state index in [0.29, 0.717) is 13.1 Å². The van der Waals surface area contributed by atoms with Crippen LogP contribution in [0.15, 0.2) is 23.1 Å². The van der Waals surface area contributed by atoms with Crippen LogP contribution >= 0.6 is 0 Å². The van der Waals surface area contributed by atoms with Gasteiger partial charge in [0.25, 0.3) is 5.69 Å². The topological polar surface area (TPSA) is 113 Å². The third kappa shape index (κ3) is 3.82. The highest BCUT2D eigenvalue weighted by atomic mass is 32.2. The van der Waals surface area contributed by atoms with E-state index in [9.17, 15) is 23.3 Å². The van der Waals surface area contributed by atoms with Gasteiger partial charge in [-0.05, 0) is 32.0 Å². The monoisotopic (exact) mass is 356 g/mol. The smallest absolute Gasteiger partial charge is 0.293 e. The van der Waals surface area contributed by atoms with Crippen molar-refractivity contribution in [1.82, 2.24) is 9.62 Å². The molecule has 1 fully saturated rings. The number of nitrogens with zero attached hydrogens (tertiary/aromatic N) is 3. The van der Waals surface area contributed by atoms with Gasteiger partial charge in [0.1, 0.15) is 5.69 Å². The number of amides is 1. The van der Waals surface area contributed by atoms with Gasteiger partial charge in [-0.3, -0.25) is 14.9 Å². The average Bonchev–Trinajstić information content (AvgIpc) is 3.08. The first-order chi connectivity index (χ1) is 11.3. The van der Waals surface area contributed by atoms with E-state index in [1.54, 1.807) is 11.9 Å². The van der Waals surface area contributed by atoms with E-state index in [-0.39, 0.29) is 28.7 Å². The molecule has 9 nitrogen and oxygen atoms in total. The maximum Gasteiger partial charge on any atom is 0.293 e. The lowest BCUT2D eigenvalue weighted by Crippen LogP contribution is -2.37. The number of hydrogen-bond acceptors (Lipinski definition) is 6. The standard InChI is InChI=1S/C14H20N4O5S/c1-15-24(22,23)11-5-6-12(13(9-11)18(20)21)16(2)10-14(19)17-7-3-4-8-17/h5-6,9,15H,3-4,7-8,10H2,1-2H3. The zero-order valence-electron chi connectivity index (χ0n) is 13.6. The van der Waals surface area contributed by atoms with Crippen molar-refractivity contribution in [2.75, 3.05) is 38.6 Å². The molecule has 10 heteroatoms. The quantitative estimate of drug-likeness (QED) is 0.589. The fourth-order valence-corrected chi connectivity index (χ4v) is 3.36. The normalized spacial score (nSPS) is 14.7. The van der Waals surface area contributed by atoms with E-state index in [2.05, 4.69) is 4.72 Å². The van der Waals surface area contributed by atoms with Gasteiger partial charge in [-0.25, -0.2) is 13.1 Å². The van der Waals surface area contributed by atoms with Crippen LogP contribution in [-0.4, -0.2) is 57.9 Å². The number of likely N-dealkylation sites (tertiary alicyclic amines) is 1. The summed E-state index contributed by atoms with van der Waals surface area (Å²) < 4.78 is 25.7. The van der Waals surface area contributed by atoms with Crippen molar-refractivity contribution in [3.05, 3.63) is 28.3 Å². The summed E-state index contributed by atoms with van der Waals surface area (Å²) in [5, 5.41) is 11.3. The molecule has 1 aliphatic heterocycles. The van der Waals surface area contributed by atoms with Gasteiger partial charge < -0.3 is 9.80 Å². The van der Waals surface area contributed by atoms with Crippen LogP contribution in [0, 0.1) is 10.1 Å². The highest BCUT2D eigenvalue weighted by Crippen LogP contribution is 2.30. The summed E-state index contributed by atoms with van der Waals surface area (Å²) in [7, 11) is -0.977. The maximum atomic E-state index is 12.2. The van der Waals surface area contributed by atoms with Crippen LogP contribution in [0.5, 0.6) is 0 Å². The molecule has 2 rings (SSSR count). The molecular formula is C14H20N4O5S. The highest BCUT2D eigenvalue weighted by molar-refractivity contribution is 7.89. The first kappa shape index (κ1) is 18.1. The molecule has 1 amide bonds. The van der Waals surface area contributed by atoms with Crippen molar-refractivity contribution in [2.24, 2.45) is 0 Å². The molecule has 0 bridgehead atoms. The first-order valence-corrected chi connectivity index (χ1v) is 8.95. The number of anilines is 1. The van der Waals surface area contributed by atoms with Gasteiger partial charge in [0, 0.05) is 26.2 Å². The van der Waals surface area contributed by atoms with Crippen molar-refractivity contribution < 1.29 is 18.1 Å². The Bertz CT molecular complexity index is 744. The number of carbonyl (C=O) groups is 1. The van der Waals surface area contributed by atoms with Gasteiger partial charge >= 0.3 is 0 Å². The molecule has 0 spiro atoms. The Morgan fingerprint density at radius 2 is 2.00 bits per heavy atom. The van der Waals surface area contributed by atoms with Crippen molar-refractivity contribution >= 4 is 27.3 Å². The summed E-state index contributed by atoms with van der Waals surface area (Å²) >= 11 is 0. The van der Waals surface area contributed by atoms with Crippen LogP contribution < -0.4 is 9.62 Å². The number of benzene rings is 1. The Morgan fingerprint density at radius 3 is 2.54 bits per heavy atom. The highest BCUT2D eigenvalue weighted by Gasteiger charge is 2.25. The Kier molecular flexibility index (Phi) is 5.40. The van der Waals surface area contributed by atoms with E-state index >= 15 is 0 Å². The second-order valence-corrected chi connectivity index (χ2v) is 7.45. The fourth-order valence-electron chi connectivity index (χ4n) is 2.61. The minimum atomic E-state index is -3.78. The van der Waals surface area contributed by atoms with E-state index in [1.807, 2.05) is 0 Å². The molecule has 0 saturated carbocycles. The number of rotatable bonds is 6. The molecular weight excluding hydrogens is 336 g/mol. The molecule has 0 aromatic heterocycles. The van der Waals surface area contributed by atoms with Crippen LogP contribution in [-0.2, 0) is 14.8 Å². The fraction of sp³-hybridized carbons (Fsp3) is 0.500. The molecule has 0 unspecified atom stereocenters. The van der Waals surface area contributed by atoms with Crippen LogP contribution in [0.2, 0.25) is 0 Å². The second kappa shape index (κ2) is 7.14. The third-order valence-electron chi connectivity index (χ3n) is 3.97. The minimum Gasteiger partial charge on any atom is -0.360 e. The van der Waals surface area contributed by atoms with E-state index in [0.717, 1.165) is 18.9 Å². The average molecular weight is 356 g/mol. The van der Waals surface area contributed by atoms with Gasteiger partial charge in [0.15, 0.2) is 0 Å². The second-order valence-electron chi connectivity index (χ2n) is 5.56. The van der Waals surface area contributed by atoms with Gasteiger partial charge in [-0.15, -0.1) is 0 Å². The third-order valence-corrected chi connectivity index (χ3v) is 5.38. The van der Waals surface area contributed by atoms with Crippen LogP contribution in [0.4, 0.5) is 11.4 Å². The summed E-state index contributed by atoms with van der Waals surface area (Å²) in [5.41, 5.74) is -0.161. The predicted molar refractivity (Wildman–Crippen MR) is 88.4 cm³/mol. The van der Waals surface area contributed by atoms with Crippen molar-refractivity contribution in [3.8, 4) is 0 Å². The van der Waals surface area contributed by atoms with E-state index in [4.69, 9.17) is 0 Å². The van der Waals surface area contributed by atoms with Gasteiger partial charge in [0.2, 0.25) is 15.9 Å². The molecule has 132 valence electrons. The Morgan fingerprint density at radius 1 is 1.38 bits per heavy atom. The maximum absolute atomic E-state index is 12.2. The number of sulfonamides is 1. The summed E-state index contributed by atoms with van der Waals surface area (Å²) in [6, 6.07) is 3.63. The van der Waals surface area contributed by atoms with Crippen molar-refractivity contribution in [1.29, 1.82) is 0 Å². The number of carbonyl (C=O) groups excluding carboxylic acids is 1. The SMILES string of the molecule is CNS(=O)(=O)c1ccc(N(C)CC(=O)N2CCCC2)c([N+](=O)[O-])c1. The largest absolute Gasteiger partial charge is 0.360 e. The zero-order chi connectivity index (χ0) is 17.9. The Hall–Kier alpha value is -2.20. The molecule has 0 aliphatic carbocycles. The molecule has 1 aromatic carbocycles. The zero-order valence-corrected chi connectivity index (χ0v) is 14.4. The van der Waals surface area contributed by atoms with Gasteiger partial charge in [-0.2, -0.15) is 0 Å². The van der Waals surface area contributed by atoms with Crippen molar-refractivity contribution in [2.45, 2.75) is 17.7 Å². The van der Waals surface area contributed by atoms with E-state index < -0.39 is 14.9 Å². The molecule has 1 heterocycles. The van der Waals surface area contributed by atoms with E-state index in [1.165, 1.54) is 24.1 Å². The molecule has 0 atom stereocenters. The molecule has 24 heavy (non-hydrogen) atoms. The molecule has 1 aromatic rings. The van der Waals surface area contributed by atoms with Crippen LogP contribution in [0.1, 0.15) is 12.8 Å². The summed E-state index contributed by atoms with van der Waals surface area (Å²) in [4.78, 5) is 25.8. The Balaban J connectivity index is 2.28. The lowest BCUT2D eigenvalue weighted by molar-refractivity contribution is -0.384. The van der Waals surface area contributed by atoms with Crippen LogP contribution in [0.25, 0.3) is 0 Å². The molecule has 1 saturated heterocycles. The minimum absolute atomic E-state index is 0.00103. The first-order valence-electron chi connectivity index (χ1n) is 7.47. The summed E-state index contributed by atoms with van der Waals surface area (Å²) in [6.45, 7) is 1.40. The lowest BCUT2D eigenvalue weighted by Gasteiger charge is -2.22. The number of nitro benzene ring substituents is 1. The molecule has 0 radical (unpaired) electrons. The number of likely N-dealkylation sites (N-methyl/N-ethyl adjacent to an activating group) is 1. The molecule has 1 aliphatic rings. The number of nitrogens with one attached hydrogen (secondary N) is 1. The lowest BCUT2D eigenvalue weighted by atomic mass is 10.2. The number of nitro groups is 1.